The first-order valence-corrected chi connectivity index (χ1v) is 12.0. The summed E-state index contributed by atoms with van der Waals surface area (Å²) in [5.41, 5.74) is 4.18. The lowest BCUT2D eigenvalue weighted by Gasteiger charge is -2.11. The third-order valence-corrected chi connectivity index (χ3v) is 6.27. The number of imidazole rings is 1. The standard InChI is InChI=1S/C27H25N7O4/c1-3-5-19-16-34(24-21(26(35)36)6-4-7-23(24)38-2)27(37)33(19)15-17-8-10-18(11-9-17)20-12-13-28-14-22(20)25-29-31-32-30-25/h4,6-14,16H,3,5,15H2,1-2H3,(H,35,36)(H,29,30,31,32). The largest absolute Gasteiger partial charge is 0.495 e. The van der Waals surface area contributed by atoms with Crippen LogP contribution in [-0.2, 0) is 13.0 Å². The van der Waals surface area contributed by atoms with Crippen molar-refractivity contribution in [2.24, 2.45) is 0 Å². The normalized spacial score (nSPS) is 11.0. The maximum atomic E-state index is 13.6. The number of aromatic carboxylic acids is 1. The van der Waals surface area contributed by atoms with E-state index in [2.05, 4.69) is 25.6 Å². The van der Waals surface area contributed by atoms with Gasteiger partial charge in [0.1, 0.15) is 11.4 Å². The molecule has 5 aromatic rings. The molecular formula is C27H25N7O4. The maximum Gasteiger partial charge on any atom is 0.337 e. The zero-order valence-corrected chi connectivity index (χ0v) is 20.8. The Balaban J connectivity index is 1.52. The summed E-state index contributed by atoms with van der Waals surface area (Å²) in [6.07, 6.45) is 6.58. The van der Waals surface area contributed by atoms with Crippen molar-refractivity contribution in [1.82, 2.24) is 34.7 Å². The Labute approximate surface area is 217 Å². The third kappa shape index (κ3) is 4.57. The second kappa shape index (κ2) is 10.5. The van der Waals surface area contributed by atoms with E-state index in [-0.39, 0.29) is 16.9 Å². The third-order valence-electron chi connectivity index (χ3n) is 6.27. The summed E-state index contributed by atoms with van der Waals surface area (Å²) in [6, 6.07) is 14.4. The molecule has 3 heterocycles. The van der Waals surface area contributed by atoms with Crippen molar-refractivity contribution in [1.29, 1.82) is 0 Å². The number of hydrogen-bond acceptors (Lipinski definition) is 7. The minimum atomic E-state index is -1.14. The van der Waals surface area contributed by atoms with Crippen LogP contribution in [0.4, 0.5) is 0 Å². The minimum absolute atomic E-state index is 0.00856. The summed E-state index contributed by atoms with van der Waals surface area (Å²) in [7, 11) is 1.45. The second-order valence-corrected chi connectivity index (χ2v) is 8.62. The number of benzene rings is 2. The lowest BCUT2D eigenvalue weighted by atomic mass is 10.00. The van der Waals surface area contributed by atoms with Crippen LogP contribution in [0.2, 0.25) is 0 Å². The Kier molecular flexibility index (Phi) is 6.81. The number of H-pyrrole nitrogens is 1. The van der Waals surface area contributed by atoms with E-state index in [1.807, 2.05) is 37.3 Å². The molecule has 0 aliphatic heterocycles. The van der Waals surface area contributed by atoms with Crippen LogP contribution in [0.15, 0.2) is 71.9 Å². The molecule has 0 radical (unpaired) electrons. The number of carboxylic acid groups (broad SMARTS) is 1. The Morgan fingerprint density at radius 1 is 1.11 bits per heavy atom. The number of aromatic amines is 1. The maximum absolute atomic E-state index is 13.6. The van der Waals surface area contributed by atoms with Crippen molar-refractivity contribution in [2.75, 3.05) is 7.11 Å². The molecule has 2 N–H and O–H groups in total. The highest BCUT2D eigenvalue weighted by Gasteiger charge is 2.21. The second-order valence-electron chi connectivity index (χ2n) is 8.62. The first-order valence-electron chi connectivity index (χ1n) is 12.0. The Bertz CT molecular complexity index is 1640. The number of aromatic nitrogens is 7. The average molecular weight is 512 g/mol. The molecule has 0 saturated heterocycles. The number of aryl methyl sites for hydroxylation is 1. The zero-order valence-electron chi connectivity index (χ0n) is 20.8. The number of rotatable bonds is 9. The highest BCUT2D eigenvalue weighted by molar-refractivity contribution is 5.93. The zero-order chi connectivity index (χ0) is 26.6. The molecule has 11 heteroatoms. The molecule has 0 saturated carbocycles. The molecular weight excluding hydrogens is 486 g/mol. The molecule has 0 fully saturated rings. The quantitative estimate of drug-likeness (QED) is 0.306. The van der Waals surface area contributed by atoms with E-state index in [1.54, 1.807) is 35.3 Å². The van der Waals surface area contributed by atoms with Crippen LogP contribution in [0, 0.1) is 0 Å². The van der Waals surface area contributed by atoms with Gasteiger partial charge in [-0.25, -0.2) is 9.59 Å². The van der Waals surface area contributed by atoms with Crippen LogP contribution in [0.5, 0.6) is 5.75 Å². The summed E-state index contributed by atoms with van der Waals surface area (Å²) in [5, 5.41) is 24.0. The van der Waals surface area contributed by atoms with Gasteiger partial charge in [-0.3, -0.25) is 14.1 Å². The first-order chi connectivity index (χ1) is 18.5. The molecule has 11 nitrogen and oxygen atoms in total. The Morgan fingerprint density at radius 3 is 2.61 bits per heavy atom. The number of nitrogens with zero attached hydrogens (tertiary/aromatic N) is 6. The van der Waals surface area contributed by atoms with Gasteiger partial charge in [0.05, 0.1) is 19.2 Å². The Morgan fingerprint density at radius 2 is 1.92 bits per heavy atom. The van der Waals surface area contributed by atoms with Crippen molar-refractivity contribution < 1.29 is 14.6 Å². The number of para-hydroxylation sites is 1. The van der Waals surface area contributed by atoms with Crippen molar-refractivity contribution in [3.05, 3.63) is 94.4 Å². The topological polar surface area (TPSA) is 141 Å². The van der Waals surface area contributed by atoms with Gasteiger partial charge < -0.3 is 9.84 Å². The van der Waals surface area contributed by atoms with Crippen molar-refractivity contribution in [3.8, 4) is 34.0 Å². The molecule has 0 aliphatic carbocycles. The summed E-state index contributed by atoms with van der Waals surface area (Å²) >= 11 is 0. The fraction of sp³-hybridized carbons (Fsp3) is 0.185. The first kappa shape index (κ1) is 24.6. The number of ether oxygens (including phenoxy) is 1. The van der Waals surface area contributed by atoms with Crippen molar-refractivity contribution in [3.63, 3.8) is 0 Å². The van der Waals surface area contributed by atoms with Gasteiger partial charge in [0.15, 0.2) is 0 Å². The highest BCUT2D eigenvalue weighted by Crippen LogP contribution is 2.30. The van der Waals surface area contributed by atoms with E-state index >= 15 is 0 Å². The van der Waals surface area contributed by atoms with E-state index in [0.29, 0.717) is 24.5 Å². The monoisotopic (exact) mass is 511 g/mol. The molecule has 2 aromatic carbocycles. The van der Waals surface area contributed by atoms with Gasteiger partial charge in [-0.05, 0) is 46.5 Å². The van der Waals surface area contributed by atoms with Crippen LogP contribution < -0.4 is 10.4 Å². The van der Waals surface area contributed by atoms with E-state index < -0.39 is 5.97 Å². The van der Waals surface area contributed by atoms with Crippen LogP contribution in [-0.4, -0.2) is 52.9 Å². The van der Waals surface area contributed by atoms with E-state index in [9.17, 15) is 14.7 Å². The number of hydrogen-bond donors (Lipinski definition) is 2. The number of pyridine rings is 1. The molecule has 0 atom stereocenters. The fourth-order valence-corrected chi connectivity index (χ4v) is 4.49. The van der Waals surface area contributed by atoms with Gasteiger partial charge in [0.25, 0.3) is 0 Å². The lowest BCUT2D eigenvalue weighted by molar-refractivity contribution is 0.0696. The lowest BCUT2D eigenvalue weighted by Crippen LogP contribution is -2.26. The van der Waals surface area contributed by atoms with Crippen LogP contribution in [0.3, 0.4) is 0 Å². The molecule has 0 bridgehead atoms. The van der Waals surface area contributed by atoms with Gasteiger partial charge in [-0.15, -0.1) is 10.2 Å². The number of tetrazole rings is 1. The molecule has 0 aliphatic rings. The van der Waals surface area contributed by atoms with E-state index in [4.69, 9.17) is 4.74 Å². The van der Waals surface area contributed by atoms with Crippen molar-refractivity contribution in [2.45, 2.75) is 26.3 Å². The van der Waals surface area contributed by atoms with Gasteiger partial charge in [-0.2, -0.15) is 5.21 Å². The van der Waals surface area contributed by atoms with Gasteiger partial charge >= 0.3 is 11.7 Å². The predicted octanol–water partition coefficient (Wildman–Crippen LogP) is 3.59. The highest BCUT2D eigenvalue weighted by atomic mass is 16.5. The molecule has 0 spiro atoms. The van der Waals surface area contributed by atoms with Crippen LogP contribution in [0.1, 0.15) is 35.0 Å². The van der Waals surface area contributed by atoms with Crippen LogP contribution in [0.25, 0.3) is 28.2 Å². The summed E-state index contributed by atoms with van der Waals surface area (Å²) in [6.45, 7) is 2.36. The summed E-state index contributed by atoms with van der Waals surface area (Å²) in [4.78, 5) is 29.7. The number of methoxy groups -OCH3 is 1. The molecule has 192 valence electrons. The average Bonchev–Trinajstić information content (AvgIpc) is 3.58. The van der Waals surface area contributed by atoms with Gasteiger partial charge in [0.2, 0.25) is 5.82 Å². The molecule has 3 aromatic heterocycles. The predicted molar refractivity (Wildman–Crippen MR) is 139 cm³/mol. The van der Waals surface area contributed by atoms with Gasteiger partial charge in [-0.1, -0.05) is 43.7 Å². The number of nitrogens with one attached hydrogen (secondary N) is 1. The van der Waals surface area contributed by atoms with E-state index in [1.165, 1.54) is 17.7 Å². The van der Waals surface area contributed by atoms with Gasteiger partial charge in [0, 0.05) is 29.8 Å². The Hall–Kier alpha value is -5.06. The van der Waals surface area contributed by atoms with E-state index in [0.717, 1.165) is 34.4 Å². The number of carboxylic acids is 1. The number of carbonyl (C=O) groups is 1. The van der Waals surface area contributed by atoms with Crippen molar-refractivity contribution >= 4 is 5.97 Å². The summed E-state index contributed by atoms with van der Waals surface area (Å²) in [5.74, 6) is -0.375. The molecule has 0 unspecified atom stereocenters. The minimum Gasteiger partial charge on any atom is -0.495 e. The fourth-order valence-electron chi connectivity index (χ4n) is 4.49. The molecule has 0 amide bonds. The smallest absolute Gasteiger partial charge is 0.337 e. The molecule has 38 heavy (non-hydrogen) atoms. The SMILES string of the molecule is CCCc1cn(-c2c(OC)cccc2C(=O)O)c(=O)n1Cc1ccc(-c2ccncc2-c2nn[nH]n2)cc1. The summed E-state index contributed by atoms with van der Waals surface area (Å²) < 4.78 is 8.46. The van der Waals surface area contributed by atoms with Crippen LogP contribution >= 0.6 is 0 Å². The molecule has 5 rings (SSSR count).